The largest absolute Gasteiger partial charge is 0.456 e. The molecular weight excluding hydrogens is 302 g/mol. The minimum atomic E-state index is -1.30. The topological polar surface area (TPSA) is 114 Å². The van der Waals surface area contributed by atoms with Gasteiger partial charge < -0.3 is 29.7 Å². The van der Waals surface area contributed by atoms with Crippen LogP contribution >= 0.6 is 12.6 Å². The molecule has 0 spiro atoms. The second-order valence-corrected chi connectivity index (χ2v) is 4.83. The lowest BCUT2D eigenvalue weighted by molar-refractivity contribution is -0.272. The summed E-state index contributed by atoms with van der Waals surface area (Å²) in [4.78, 5) is 22.8. The number of aliphatic hydroxyl groups excluding tert-OH is 2. The van der Waals surface area contributed by atoms with Crippen molar-refractivity contribution in [3.05, 3.63) is 0 Å². The van der Waals surface area contributed by atoms with Crippen LogP contribution in [0.15, 0.2) is 0 Å². The van der Waals surface area contributed by atoms with Crippen LogP contribution in [-0.2, 0) is 23.8 Å². The molecule has 9 heteroatoms. The number of esters is 1. The number of amides is 1. The molecule has 0 saturated carbocycles. The molecule has 122 valence electrons. The fraction of sp³-hybridized carbons (Fsp3) is 0.833. The third-order valence-electron chi connectivity index (χ3n) is 2.95. The first-order valence-corrected chi connectivity index (χ1v) is 7.21. The monoisotopic (exact) mass is 323 g/mol. The number of carbonyl (C=O) groups excluding carboxylic acids is 2. The molecular formula is C12H21NO7S. The molecule has 0 radical (unpaired) electrons. The number of aliphatic hydroxyl groups is 2. The van der Waals surface area contributed by atoms with Gasteiger partial charge in [0.15, 0.2) is 12.4 Å². The number of thiol groups is 1. The molecule has 1 heterocycles. The van der Waals surface area contributed by atoms with Crippen molar-refractivity contribution >= 4 is 24.5 Å². The quantitative estimate of drug-likeness (QED) is 0.345. The van der Waals surface area contributed by atoms with Gasteiger partial charge in [-0.15, -0.1) is 0 Å². The Morgan fingerprint density at radius 2 is 2.10 bits per heavy atom. The molecule has 0 aromatic heterocycles. The summed E-state index contributed by atoms with van der Waals surface area (Å²) in [7, 11) is 0. The molecule has 5 atom stereocenters. The fourth-order valence-electron chi connectivity index (χ4n) is 2.09. The Kier molecular flexibility index (Phi) is 7.40. The zero-order valence-corrected chi connectivity index (χ0v) is 12.8. The van der Waals surface area contributed by atoms with E-state index in [9.17, 15) is 19.8 Å². The van der Waals surface area contributed by atoms with E-state index in [4.69, 9.17) is 14.2 Å². The lowest BCUT2D eigenvalue weighted by atomic mass is 9.96. The van der Waals surface area contributed by atoms with Gasteiger partial charge in [-0.05, 0) is 6.92 Å². The highest BCUT2D eigenvalue weighted by atomic mass is 32.1. The smallest absolute Gasteiger partial charge is 0.316 e. The average Bonchev–Trinajstić information content (AvgIpc) is 2.44. The van der Waals surface area contributed by atoms with Gasteiger partial charge in [-0.25, -0.2) is 0 Å². The van der Waals surface area contributed by atoms with Crippen molar-refractivity contribution in [3.8, 4) is 0 Å². The van der Waals surface area contributed by atoms with E-state index < -0.39 is 49.1 Å². The van der Waals surface area contributed by atoms with Crippen molar-refractivity contribution in [2.75, 3.05) is 19.0 Å². The molecule has 0 aromatic carbocycles. The SMILES string of the molecule is CCOC1OC(CO)C(O)C(OC(=O)CS)C1NC(C)=O. The number of hydrogen-bond acceptors (Lipinski definition) is 8. The second-order valence-electron chi connectivity index (χ2n) is 4.51. The van der Waals surface area contributed by atoms with Gasteiger partial charge in [0.05, 0.1) is 12.4 Å². The van der Waals surface area contributed by atoms with Crippen LogP contribution in [0.2, 0.25) is 0 Å². The van der Waals surface area contributed by atoms with Crippen molar-refractivity contribution in [2.24, 2.45) is 0 Å². The summed E-state index contributed by atoms with van der Waals surface area (Å²) in [5.41, 5.74) is 0. The summed E-state index contributed by atoms with van der Waals surface area (Å²) in [5.74, 6) is -1.23. The van der Waals surface area contributed by atoms with Gasteiger partial charge >= 0.3 is 5.97 Å². The Bertz CT molecular complexity index is 368. The molecule has 1 amide bonds. The molecule has 21 heavy (non-hydrogen) atoms. The van der Waals surface area contributed by atoms with Crippen LogP contribution in [-0.4, -0.2) is 71.7 Å². The number of ether oxygens (including phenoxy) is 3. The first-order valence-electron chi connectivity index (χ1n) is 6.58. The first kappa shape index (κ1) is 18.2. The molecule has 1 aliphatic heterocycles. The summed E-state index contributed by atoms with van der Waals surface area (Å²) in [6.45, 7) is 2.81. The second kappa shape index (κ2) is 8.54. The van der Waals surface area contributed by atoms with Gasteiger partial charge in [-0.3, -0.25) is 9.59 Å². The number of rotatable bonds is 6. The molecule has 1 fully saturated rings. The van der Waals surface area contributed by atoms with Crippen LogP contribution in [0.3, 0.4) is 0 Å². The molecule has 1 aliphatic rings. The van der Waals surface area contributed by atoms with Gasteiger partial charge in [-0.1, -0.05) is 0 Å². The Hall–Kier alpha value is -0.870. The maximum absolute atomic E-state index is 11.4. The van der Waals surface area contributed by atoms with Crippen LogP contribution in [0.1, 0.15) is 13.8 Å². The first-order chi connectivity index (χ1) is 9.94. The van der Waals surface area contributed by atoms with Crippen LogP contribution < -0.4 is 5.32 Å². The zero-order chi connectivity index (χ0) is 16.0. The van der Waals surface area contributed by atoms with E-state index in [1.54, 1.807) is 6.92 Å². The summed E-state index contributed by atoms with van der Waals surface area (Å²) >= 11 is 3.80. The highest BCUT2D eigenvalue weighted by molar-refractivity contribution is 7.81. The van der Waals surface area contributed by atoms with E-state index in [0.29, 0.717) is 0 Å². The number of hydrogen-bond donors (Lipinski definition) is 4. The molecule has 0 aromatic rings. The minimum absolute atomic E-state index is 0.181. The summed E-state index contributed by atoms with van der Waals surface area (Å²) in [5, 5.41) is 21.9. The van der Waals surface area contributed by atoms with E-state index in [1.165, 1.54) is 6.92 Å². The van der Waals surface area contributed by atoms with Crippen molar-refractivity contribution in [3.63, 3.8) is 0 Å². The van der Waals surface area contributed by atoms with E-state index in [-0.39, 0.29) is 12.4 Å². The maximum atomic E-state index is 11.4. The molecule has 0 aliphatic carbocycles. The van der Waals surface area contributed by atoms with Crippen LogP contribution in [0.5, 0.6) is 0 Å². The fourth-order valence-corrected chi connectivity index (χ4v) is 2.17. The molecule has 8 nitrogen and oxygen atoms in total. The molecule has 1 saturated heterocycles. The minimum Gasteiger partial charge on any atom is -0.456 e. The van der Waals surface area contributed by atoms with Gasteiger partial charge in [0.2, 0.25) is 5.91 Å². The zero-order valence-electron chi connectivity index (χ0n) is 11.9. The van der Waals surface area contributed by atoms with Crippen LogP contribution in [0.25, 0.3) is 0 Å². The maximum Gasteiger partial charge on any atom is 0.316 e. The standard InChI is InChI=1S/C12H21NO7S/c1-3-18-12-9(13-6(2)15)11(20-8(16)5-21)10(17)7(4-14)19-12/h7,9-12,14,17,21H,3-5H2,1-2H3,(H,13,15). The predicted molar refractivity (Wildman–Crippen MR) is 74.7 cm³/mol. The van der Waals surface area contributed by atoms with Crippen molar-refractivity contribution in [1.29, 1.82) is 0 Å². The molecule has 5 unspecified atom stereocenters. The van der Waals surface area contributed by atoms with E-state index in [2.05, 4.69) is 17.9 Å². The average molecular weight is 323 g/mol. The molecule has 3 N–H and O–H groups in total. The normalized spacial score (nSPS) is 32.5. The Labute approximate surface area is 128 Å². The van der Waals surface area contributed by atoms with E-state index in [1.807, 2.05) is 0 Å². The van der Waals surface area contributed by atoms with Gasteiger partial charge in [0, 0.05) is 13.5 Å². The van der Waals surface area contributed by atoms with Gasteiger partial charge in [0.1, 0.15) is 18.2 Å². The lowest BCUT2D eigenvalue weighted by Gasteiger charge is -2.43. The third kappa shape index (κ3) is 4.82. The highest BCUT2D eigenvalue weighted by Gasteiger charge is 2.48. The number of carbonyl (C=O) groups is 2. The number of nitrogens with one attached hydrogen (secondary N) is 1. The van der Waals surface area contributed by atoms with Crippen molar-refractivity contribution < 1.29 is 34.0 Å². The Balaban J connectivity index is 2.99. The third-order valence-corrected chi connectivity index (χ3v) is 3.21. The van der Waals surface area contributed by atoms with Gasteiger partial charge in [-0.2, -0.15) is 12.6 Å². The molecule has 0 bridgehead atoms. The lowest BCUT2D eigenvalue weighted by Crippen LogP contribution is -2.65. The Morgan fingerprint density at radius 1 is 1.43 bits per heavy atom. The van der Waals surface area contributed by atoms with Crippen LogP contribution in [0, 0.1) is 0 Å². The van der Waals surface area contributed by atoms with Crippen LogP contribution in [0.4, 0.5) is 0 Å². The van der Waals surface area contributed by atoms with Crippen molar-refractivity contribution in [2.45, 2.75) is 44.5 Å². The summed E-state index contributed by atoms with van der Waals surface area (Å²) in [6.07, 6.45) is -4.33. The highest BCUT2D eigenvalue weighted by Crippen LogP contribution is 2.24. The summed E-state index contributed by atoms with van der Waals surface area (Å²) in [6, 6.07) is -0.885. The summed E-state index contributed by atoms with van der Waals surface area (Å²) < 4.78 is 15.9. The van der Waals surface area contributed by atoms with Crippen molar-refractivity contribution in [1.82, 2.24) is 5.32 Å². The Morgan fingerprint density at radius 3 is 2.57 bits per heavy atom. The predicted octanol–water partition coefficient (Wildman–Crippen LogP) is -1.55. The van der Waals surface area contributed by atoms with E-state index in [0.717, 1.165) is 0 Å². The van der Waals surface area contributed by atoms with Gasteiger partial charge in [0.25, 0.3) is 0 Å². The molecule has 1 rings (SSSR count). The van der Waals surface area contributed by atoms with E-state index >= 15 is 0 Å².